The summed E-state index contributed by atoms with van der Waals surface area (Å²) in [7, 11) is 0. The van der Waals surface area contributed by atoms with E-state index in [0.717, 1.165) is 39.7 Å². The maximum Gasteiger partial charge on any atom is 0.156 e. The van der Waals surface area contributed by atoms with Gasteiger partial charge in [-0.1, -0.05) is 97.9 Å². The Kier molecular flexibility index (Phi) is 8.70. The molecule has 3 aromatic carbocycles. The van der Waals surface area contributed by atoms with Crippen LogP contribution < -0.4 is 5.73 Å². The molecule has 218 valence electrons. The van der Waals surface area contributed by atoms with Crippen LogP contribution in [-0.2, 0) is 15.1 Å². The van der Waals surface area contributed by atoms with Crippen molar-refractivity contribution >= 4 is 16.9 Å². The van der Waals surface area contributed by atoms with Crippen molar-refractivity contribution in [2.75, 3.05) is 12.3 Å². The molecule has 1 unspecified atom stereocenters. The normalized spacial score (nSPS) is 18.9. The van der Waals surface area contributed by atoms with Gasteiger partial charge in [0.15, 0.2) is 11.6 Å². The lowest BCUT2D eigenvalue weighted by molar-refractivity contribution is -0.127. The van der Waals surface area contributed by atoms with Crippen molar-refractivity contribution < 1.29 is 19.7 Å². The van der Waals surface area contributed by atoms with Crippen LogP contribution in [0.1, 0.15) is 55.5 Å². The maximum atomic E-state index is 8.08. The number of ether oxygens (including phenoxy) is 2. The van der Waals surface area contributed by atoms with Crippen molar-refractivity contribution in [1.29, 1.82) is 0 Å². The van der Waals surface area contributed by atoms with Crippen LogP contribution in [0.25, 0.3) is 11.0 Å². The van der Waals surface area contributed by atoms with Crippen LogP contribution >= 0.6 is 0 Å². The Labute approximate surface area is 246 Å². The lowest BCUT2D eigenvalue weighted by Crippen LogP contribution is -2.35. The van der Waals surface area contributed by atoms with E-state index in [4.69, 9.17) is 25.4 Å². The van der Waals surface area contributed by atoms with Crippen LogP contribution in [0.5, 0.6) is 0 Å². The number of H-pyrrole nitrogens is 1. The average molecular weight is 567 g/mol. The second-order valence-electron chi connectivity index (χ2n) is 11.2. The van der Waals surface area contributed by atoms with Gasteiger partial charge >= 0.3 is 0 Å². The van der Waals surface area contributed by atoms with Crippen molar-refractivity contribution in [3.05, 3.63) is 126 Å². The molecule has 42 heavy (non-hydrogen) atoms. The SMILES string of the molecule is CC(C)(O)O.CC1C[C@@H](COC(c2ccccc2)(c2ccccc2)c2ccccc2)O[C@H]1c1c[nH]c2c(N)ncnc12. The Bertz CT molecular complexity index is 1470. The highest BCUT2D eigenvalue weighted by atomic mass is 16.6. The van der Waals surface area contributed by atoms with Gasteiger partial charge in [-0.15, -0.1) is 0 Å². The molecule has 8 heteroatoms. The molecule has 0 saturated carbocycles. The largest absolute Gasteiger partial charge is 0.382 e. The molecule has 5 N–H and O–H groups in total. The molecule has 1 fully saturated rings. The quantitative estimate of drug-likeness (QED) is 0.147. The van der Waals surface area contributed by atoms with E-state index >= 15 is 0 Å². The molecule has 1 saturated heterocycles. The fourth-order valence-corrected chi connectivity index (χ4v) is 5.60. The van der Waals surface area contributed by atoms with Crippen molar-refractivity contribution in [2.24, 2.45) is 5.92 Å². The fraction of sp³-hybridized carbons (Fsp3) is 0.294. The van der Waals surface area contributed by atoms with Gasteiger partial charge < -0.3 is 30.4 Å². The van der Waals surface area contributed by atoms with Crippen molar-refractivity contribution in [2.45, 2.75) is 50.8 Å². The van der Waals surface area contributed by atoms with Crippen LogP contribution in [0.15, 0.2) is 104 Å². The zero-order valence-corrected chi connectivity index (χ0v) is 24.1. The number of hydrogen-bond donors (Lipinski definition) is 4. The summed E-state index contributed by atoms with van der Waals surface area (Å²) in [5.74, 6) is -0.761. The summed E-state index contributed by atoms with van der Waals surface area (Å²) in [5.41, 5.74) is 11.1. The third-order valence-corrected chi connectivity index (χ3v) is 7.35. The average Bonchev–Trinajstić information content (AvgIpc) is 3.58. The minimum absolute atomic E-state index is 0.0698. The van der Waals surface area contributed by atoms with E-state index in [0.29, 0.717) is 18.3 Å². The minimum Gasteiger partial charge on any atom is -0.382 e. The summed E-state index contributed by atoms with van der Waals surface area (Å²) >= 11 is 0. The lowest BCUT2D eigenvalue weighted by Gasteiger charge is -2.36. The standard InChI is InChI=1S/C31H30N4O2.C3H8O2/c1-21-17-25(37-29(21)26-18-33-28-27(26)34-20-35-30(28)32)19-36-31(22-11-5-2-6-12-22,23-13-7-3-8-14-23)24-15-9-4-10-16-24;1-3(2,4)5/h2-16,18,20-21,25,29,33H,17,19H2,1H3,(H2,32,34,35);4-5H,1-2H3/t21?,25-,29+;/m0./s1. The number of benzene rings is 3. The van der Waals surface area contributed by atoms with Gasteiger partial charge in [0.2, 0.25) is 0 Å². The number of nitrogens with zero attached hydrogens (tertiary/aromatic N) is 2. The summed E-state index contributed by atoms with van der Waals surface area (Å²) in [6.07, 6.45) is 4.16. The molecule has 8 nitrogen and oxygen atoms in total. The topological polar surface area (TPSA) is 127 Å². The zero-order valence-electron chi connectivity index (χ0n) is 24.1. The van der Waals surface area contributed by atoms with Gasteiger partial charge in [0.05, 0.1) is 24.3 Å². The van der Waals surface area contributed by atoms with Crippen LogP contribution in [0.3, 0.4) is 0 Å². The monoisotopic (exact) mass is 566 g/mol. The zero-order chi connectivity index (χ0) is 29.7. The molecular formula is C34H38N4O4. The summed E-state index contributed by atoms with van der Waals surface area (Å²) in [6.45, 7) is 5.26. The Balaban J connectivity index is 0.000000652. The molecule has 0 bridgehead atoms. The molecule has 0 aliphatic carbocycles. The molecule has 1 aliphatic rings. The summed E-state index contributed by atoms with van der Waals surface area (Å²) < 4.78 is 13.6. The van der Waals surface area contributed by atoms with E-state index in [-0.39, 0.29) is 12.2 Å². The van der Waals surface area contributed by atoms with E-state index in [9.17, 15) is 0 Å². The molecule has 0 radical (unpaired) electrons. The van der Waals surface area contributed by atoms with Gasteiger partial charge in [-0.3, -0.25) is 0 Å². The predicted molar refractivity (Wildman–Crippen MR) is 163 cm³/mol. The minimum atomic E-state index is -1.50. The predicted octanol–water partition coefficient (Wildman–Crippen LogP) is 5.72. The van der Waals surface area contributed by atoms with Gasteiger partial charge in [0.25, 0.3) is 0 Å². The highest BCUT2D eigenvalue weighted by molar-refractivity contribution is 5.87. The van der Waals surface area contributed by atoms with Crippen molar-refractivity contribution in [1.82, 2.24) is 15.0 Å². The van der Waals surface area contributed by atoms with Crippen LogP contribution in [0.2, 0.25) is 0 Å². The first kappa shape index (κ1) is 29.4. The lowest BCUT2D eigenvalue weighted by atomic mass is 9.80. The number of hydrogen-bond acceptors (Lipinski definition) is 7. The number of nitrogens with two attached hydrogens (primary N) is 1. The number of fused-ring (bicyclic) bond motifs is 1. The van der Waals surface area contributed by atoms with Gasteiger partial charge in [-0.25, -0.2) is 9.97 Å². The number of aromatic nitrogens is 3. The molecule has 1 aliphatic heterocycles. The van der Waals surface area contributed by atoms with Crippen molar-refractivity contribution in [3.63, 3.8) is 0 Å². The van der Waals surface area contributed by atoms with Crippen molar-refractivity contribution in [3.8, 4) is 0 Å². The van der Waals surface area contributed by atoms with Crippen LogP contribution in [0, 0.1) is 5.92 Å². The molecule has 0 amide bonds. The molecular weight excluding hydrogens is 528 g/mol. The van der Waals surface area contributed by atoms with Gasteiger partial charge in [-0.05, 0) is 42.9 Å². The van der Waals surface area contributed by atoms with E-state index in [1.54, 1.807) is 0 Å². The van der Waals surface area contributed by atoms with Crippen LogP contribution in [-0.4, -0.2) is 43.7 Å². The number of nitrogen functional groups attached to an aromatic ring is 1. The Hall–Kier alpha value is -4.08. The van der Waals surface area contributed by atoms with Gasteiger partial charge in [0, 0.05) is 11.8 Å². The van der Waals surface area contributed by atoms with E-state index in [1.807, 2.05) is 24.4 Å². The smallest absolute Gasteiger partial charge is 0.156 e. The second kappa shape index (κ2) is 12.4. The summed E-state index contributed by atoms with van der Waals surface area (Å²) in [4.78, 5) is 11.8. The number of anilines is 1. The maximum absolute atomic E-state index is 8.08. The molecule has 2 aromatic heterocycles. The fourth-order valence-electron chi connectivity index (χ4n) is 5.60. The summed E-state index contributed by atoms with van der Waals surface area (Å²) in [5, 5.41) is 16.2. The first-order valence-corrected chi connectivity index (χ1v) is 14.1. The van der Waals surface area contributed by atoms with Crippen LogP contribution in [0.4, 0.5) is 5.82 Å². The van der Waals surface area contributed by atoms with Gasteiger partial charge in [-0.2, -0.15) is 0 Å². The number of rotatable bonds is 7. The van der Waals surface area contributed by atoms with Gasteiger partial charge in [0.1, 0.15) is 17.4 Å². The molecule has 5 aromatic rings. The molecule has 0 spiro atoms. The Morgan fingerprint density at radius 1 is 0.881 bits per heavy atom. The molecule has 6 rings (SSSR count). The number of nitrogens with one attached hydrogen (secondary N) is 1. The molecule has 3 heterocycles. The summed E-state index contributed by atoms with van der Waals surface area (Å²) in [6, 6.07) is 31.3. The van der Waals surface area contributed by atoms with E-state index < -0.39 is 11.4 Å². The van der Waals surface area contributed by atoms with E-state index in [1.165, 1.54) is 20.2 Å². The number of aromatic amines is 1. The highest BCUT2D eigenvalue weighted by Gasteiger charge is 2.41. The Morgan fingerprint density at radius 3 is 1.88 bits per heavy atom. The Morgan fingerprint density at radius 2 is 1.38 bits per heavy atom. The van der Waals surface area contributed by atoms with E-state index in [2.05, 4.69) is 94.7 Å². The molecule has 3 atom stereocenters. The third kappa shape index (κ3) is 6.37. The second-order valence-corrected chi connectivity index (χ2v) is 11.2. The first-order valence-electron chi connectivity index (χ1n) is 14.1. The highest BCUT2D eigenvalue weighted by Crippen LogP contribution is 2.44. The third-order valence-electron chi connectivity index (χ3n) is 7.35. The number of aliphatic hydroxyl groups is 2. The first-order chi connectivity index (χ1) is 20.2.